The van der Waals surface area contributed by atoms with Crippen LogP contribution in [-0.2, 0) is 4.79 Å². The number of hydrogen-bond acceptors (Lipinski definition) is 3. The van der Waals surface area contributed by atoms with Crippen LogP contribution in [0.2, 0.25) is 0 Å². The molecule has 61 valence electrons. The van der Waals surface area contributed by atoms with Gasteiger partial charge in [-0.05, 0) is 12.1 Å². The molecule has 2 amide bonds. The lowest BCUT2D eigenvalue weighted by Crippen LogP contribution is -2.24. The molecule has 0 unspecified atom stereocenters. The number of aromatic nitrogens is 1. The third kappa shape index (κ3) is 1.66. The number of pyridine rings is 1. The minimum atomic E-state index is -0.405. The van der Waals surface area contributed by atoms with Crippen molar-refractivity contribution in [2.45, 2.75) is 0 Å². The van der Waals surface area contributed by atoms with Crippen LogP contribution < -0.4 is 0 Å². The molecular weight excluding hydrogens is 156 g/mol. The summed E-state index contributed by atoms with van der Waals surface area (Å²) in [6, 6.07) is 3.22. The van der Waals surface area contributed by atoms with Crippen molar-refractivity contribution < 1.29 is 9.59 Å². The minimum Gasteiger partial charge on any atom is -0.273 e. The Hall–Kier alpha value is -1.71. The predicted octanol–water partition coefficient (Wildman–Crippen LogP) is 0.221. The lowest BCUT2D eigenvalue weighted by molar-refractivity contribution is 0.0867. The number of carbonyl (C=O) groups excluding carboxylic acids is 2. The van der Waals surface area contributed by atoms with E-state index in [2.05, 4.69) is 4.98 Å². The lowest BCUT2D eigenvalue weighted by Gasteiger charge is -2.05. The molecule has 0 aliphatic carbocycles. The Balaban J connectivity index is 2.85. The molecule has 0 spiro atoms. The summed E-state index contributed by atoms with van der Waals surface area (Å²) in [5.74, 6) is -0.405. The highest BCUT2D eigenvalue weighted by atomic mass is 16.2. The van der Waals surface area contributed by atoms with E-state index in [1.54, 1.807) is 18.3 Å². The maximum absolute atomic E-state index is 11.2. The lowest BCUT2D eigenvalue weighted by atomic mass is 10.2. The van der Waals surface area contributed by atoms with E-state index in [4.69, 9.17) is 0 Å². The molecule has 0 aromatic carbocycles. The maximum Gasteiger partial charge on any atom is 0.319 e. The molecule has 12 heavy (non-hydrogen) atoms. The normalized spacial score (nSPS) is 9.08. The number of carbonyl (C=O) groups is 1. The quantitative estimate of drug-likeness (QED) is 0.586. The van der Waals surface area contributed by atoms with Crippen LogP contribution in [0.4, 0.5) is 0 Å². The number of rotatable bonds is 2. The summed E-state index contributed by atoms with van der Waals surface area (Å²) < 4.78 is 0. The largest absolute Gasteiger partial charge is 0.319 e. The van der Waals surface area contributed by atoms with Crippen molar-refractivity contribution in [3.05, 3.63) is 30.1 Å². The van der Waals surface area contributed by atoms with E-state index in [1.807, 2.05) is 0 Å². The van der Waals surface area contributed by atoms with Gasteiger partial charge in [0, 0.05) is 19.4 Å². The van der Waals surface area contributed by atoms with Crippen LogP contribution in [0.15, 0.2) is 24.5 Å². The highest BCUT2D eigenvalue weighted by Gasteiger charge is 2.10. The van der Waals surface area contributed by atoms with Crippen LogP contribution in [0.5, 0.6) is 0 Å². The SMILES string of the molecule is CN([C]=O)C(=O)c1cccnc1. The first-order valence-electron chi connectivity index (χ1n) is 3.31. The van der Waals surface area contributed by atoms with E-state index >= 15 is 0 Å². The summed E-state index contributed by atoms with van der Waals surface area (Å²) in [5, 5.41) is 0. The minimum absolute atomic E-state index is 0.378. The molecular formula is C8H7N2O2. The summed E-state index contributed by atoms with van der Waals surface area (Å²) in [6.07, 6.45) is 4.43. The second-order valence-electron chi connectivity index (χ2n) is 2.20. The first kappa shape index (κ1) is 8.39. The number of hydrogen-bond donors (Lipinski definition) is 0. The van der Waals surface area contributed by atoms with Gasteiger partial charge < -0.3 is 0 Å². The number of imide groups is 1. The van der Waals surface area contributed by atoms with Gasteiger partial charge in [0.1, 0.15) is 0 Å². The summed E-state index contributed by atoms with van der Waals surface area (Å²) in [4.78, 5) is 25.9. The molecule has 0 N–H and O–H groups in total. The third-order valence-electron chi connectivity index (χ3n) is 1.35. The van der Waals surface area contributed by atoms with Crippen molar-refractivity contribution in [3.63, 3.8) is 0 Å². The van der Waals surface area contributed by atoms with E-state index in [0.717, 1.165) is 4.90 Å². The predicted molar refractivity (Wildman–Crippen MR) is 42.0 cm³/mol. The molecule has 1 rings (SSSR count). The Morgan fingerprint density at radius 1 is 1.67 bits per heavy atom. The van der Waals surface area contributed by atoms with Crippen LogP contribution >= 0.6 is 0 Å². The standard InChI is InChI=1S/C8H7N2O2/c1-10(6-11)8(12)7-3-2-4-9-5-7/h2-5H,1H3. The summed E-state index contributed by atoms with van der Waals surface area (Å²) in [6.45, 7) is 0. The summed E-state index contributed by atoms with van der Waals surface area (Å²) in [5.41, 5.74) is 0.378. The zero-order chi connectivity index (χ0) is 8.97. The Kier molecular flexibility index (Phi) is 2.53. The average molecular weight is 163 g/mol. The van der Waals surface area contributed by atoms with Gasteiger partial charge in [-0.15, -0.1) is 0 Å². The first-order valence-corrected chi connectivity index (χ1v) is 3.31. The molecule has 1 heterocycles. The molecule has 1 aromatic heterocycles. The van der Waals surface area contributed by atoms with Gasteiger partial charge in [-0.3, -0.25) is 19.5 Å². The second kappa shape index (κ2) is 3.61. The van der Waals surface area contributed by atoms with E-state index in [1.165, 1.54) is 19.7 Å². The Bertz CT molecular complexity index is 284. The molecule has 0 bridgehead atoms. The van der Waals surface area contributed by atoms with Crippen molar-refractivity contribution in [2.24, 2.45) is 0 Å². The third-order valence-corrected chi connectivity index (χ3v) is 1.35. The van der Waals surface area contributed by atoms with Gasteiger partial charge in [-0.25, -0.2) is 0 Å². The molecule has 0 atom stereocenters. The van der Waals surface area contributed by atoms with Crippen molar-refractivity contribution in [1.82, 2.24) is 9.88 Å². The highest BCUT2D eigenvalue weighted by Crippen LogP contribution is 1.98. The number of nitrogens with zero attached hydrogens (tertiary/aromatic N) is 2. The molecule has 0 fully saturated rings. The van der Waals surface area contributed by atoms with E-state index in [-0.39, 0.29) is 0 Å². The zero-order valence-corrected chi connectivity index (χ0v) is 6.52. The molecule has 1 radical (unpaired) electrons. The van der Waals surface area contributed by atoms with Crippen molar-refractivity contribution in [1.29, 1.82) is 0 Å². The number of amides is 2. The molecule has 0 saturated carbocycles. The maximum atomic E-state index is 11.2. The van der Waals surface area contributed by atoms with Gasteiger partial charge in [0.25, 0.3) is 5.91 Å². The van der Waals surface area contributed by atoms with Crippen LogP contribution in [0.25, 0.3) is 0 Å². The molecule has 0 saturated heterocycles. The molecule has 0 aliphatic rings. The summed E-state index contributed by atoms with van der Waals surface area (Å²) >= 11 is 0. The Labute approximate surface area is 69.8 Å². The smallest absolute Gasteiger partial charge is 0.273 e. The van der Waals surface area contributed by atoms with Gasteiger partial charge in [-0.1, -0.05) is 0 Å². The van der Waals surface area contributed by atoms with Gasteiger partial charge >= 0.3 is 6.41 Å². The Morgan fingerprint density at radius 2 is 2.42 bits per heavy atom. The van der Waals surface area contributed by atoms with Crippen molar-refractivity contribution in [3.8, 4) is 0 Å². The zero-order valence-electron chi connectivity index (χ0n) is 6.52. The van der Waals surface area contributed by atoms with Crippen LogP contribution in [-0.4, -0.2) is 29.2 Å². The fourth-order valence-corrected chi connectivity index (χ4v) is 0.724. The molecule has 4 nitrogen and oxygen atoms in total. The van der Waals surface area contributed by atoms with E-state index in [0.29, 0.717) is 5.56 Å². The van der Waals surface area contributed by atoms with Gasteiger partial charge in [0.05, 0.1) is 5.56 Å². The topological polar surface area (TPSA) is 50.3 Å². The molecule has 4 heteroatoms. The fourth-order valence-electron chi connectivity index (χ4n) is 0.724. The summed E-state index contributed by atoms with van der Waals surface area (Å²) in [7, 11) is 1.35. The fraction of sp³-hybridized carbons (Fsp3) is 0.125. The van der Waals surface area contributed by atoms with E-state index in [9.17, 15) is 9.59 Å². The average Bonchev–Trinajstić information content (AvgIpc) is 2.17. The van der Waals surface area contributed by atoms with Crippen LogP contribution in [0, 0.1) is 0 Å². The Morgan fingerprint density at radius 3 is 2.92 bits per heavy atom. The van der Waals surface area contributed by atoms with Crippen molar-refractivity contribution in [2.75, 3.05) is 7.05 Å². The van der Waals surface area contributed by atoms with E-state index < -0.39 is 5.91 Å². The molecule has 1 aromatic rings. The van der Waals surface area contributed by atoms with Crippen molar-refractivity contribution >= 4 is 12.3 Å². The van der Waals surface area contributed by atoms with Crippen LogP contribution in [0.1, 0.15) is 10.4 Å². The second-order valence-corrected chi connectivity index (χ2v) is 2.20. The van der Waals surface area contributed by atoms with Gasteiger partial charge in [0.15, 0.2) is 0 Å². The van der Waals surface area contributed by atoms with Gasteiger partial charge in [-0.2, -0.15) is 0 Å². The van der Waals surface area contributed by atoms with Gasteiger partial charge in [0.2, 0.25) is 0 Å². The molecule has 0 aliphatic heterocycles. The first-order chi connectivity index (χ1) is 5.75. The monoisotopic (exact) mass is 163 g/mol. The van der Waals surface area contributed by atoms with Crippen LogP contribution in [0.3, 0.4) is 0 Å². The highest BCUT2D eigenvalue weighted by molar-refractivity contribution is 5.99.